The Morgan fingerprint density at radius 1 is 1.23 bits per heavy atom. The van der Waals surface area contributed by atoms with Crippen LogP contribution in [0.1, 0.15) is 34.4 Å². The summed E-state index contributed by atoms with van der Waals surface area (Å²) in [5.74, 6) is -0.205. The number of para-hydroxylation sites is 2. The van der Waals surface area contributed by atoms with Gasteiger partial charge in [-0.1, -0.05) is 19.1 Å². The van der Waals surface area contributed by atoms with Gasteiger partial charge in [-0.25, -0.2) is 14.6 Å². The van der Waals surface area contributed by atoms with E-state index in [1.807, 2.05) is 31.2 Å². The molecule has 3 aromatic heterocycles. The predicted molar refractivity (Wildman–Crippen MR) is 118 cm³/mol. The van der Waals surface area contributed by atoms with Crippen LogP contribution in [0.5, 0.6) is 0 Å². The number of fused-ring (bicyclic) bond motifs is 2. The molecule has 0 bridgehead atoms. The standard InChI is InChI=1S/C21H22N4O5S/c1-4-9-24-19-17(18(27)23(2)21(24)29)16(20(28)30-3)14(31-19)10-25-13-8-6-5-7-12(13)22-15(25)11-26/h5-8,26H,4,9-11H2,1-3H3. The molecule has 0 unspecified atom stereocenters. The molecule has 0 radical (unpaired) electrons. The Labute approximate surface area is 180 Å². The van der Waals surface area contributed by atoms with Crippen molar-refractivity contribution in [1.82, 2.24) is 18.7 Å². The van der Waals surface area contributed by atoms with Crippen LogP contribution in [0.2, 0.25) is 0 Å². The Morgan fingerprint density at radius 3 is 2.65 bits per heavy atom. The summed E-state index contributed by atoms with van der Waals surface area (Å²) in [6.45, 7) is 2.27. The molecule has 0 fully saturated rings. The van der Waals surface area contributed by atoms with Gasteiger partial charge in [-0.3, -0.25) is 13.9 Å². The van der Waals surface area contributed by atoms with Crippen molar-refractivity contribution in [3.8, 4) is 0 Å². The fourth-order valence-corrected chi connectivity index (χ4v) is 5.08. The van der Waals surface area contributed by atoms with Crippen LogP contribution in [0.15, 0.2) is 33.9 Å². The molecular formula is C21H22N4O5S. The van der Waals surface area contributed by atoms with Crippen LogP contribution >= 0.6 is 11.3 Å². The molecule has 0 saturated carbocycles. The van der Waals surface area contributed by atoms with Crippen molar-refractivity contribution in [1.29, 1.82) is 0 Å². The van der Waals surface area contributed by atoms with Gasteiger partial charge < -0.3 is 14.4 Å². The number of carbonyl (C=O) groups is 1. The van der Waals surface area contributed by atoms with Crippen LogP contribution in [0.4, 0.5) is 0 Å². The minimum atomic E-state index is -0.644. The van der Waals surface area contributed by atoms with Gasteiger partial charge in [-0.05, 0) is 18.6 Å². The molecule has 0 atom stereocenters. The second kappa shape index (κ2) is 8.12. The van der Waals surface area contributed by atoms with Gasteiger partial charge in [0.2, 0.25) is 0 Å². The number of aliphatic hydroxyl groups excluding tert-OH is 1. The quantitative estimate of drug-likeness (QED) is 0.457. The molecule has 4 aromatic rings. The van der Waals surface area contributed by atoms with Crippen molar-refractivity contribution >= 4 is 38.6 Å². The predicted octanol–water partition coefficient (Wildman–Crippen LogP) is 1.85. The van der Waals surface area contributed by atoms with Crippen LogP contribution in [-0.2, 0) is 31.5 Å². The van der Waals surface area contributed by atoms with Crippen molar-refractivity contribution in [3.63, 3.8) is 0 Å². The largest absolute Gasteiger partial charge is 0.465 e. The van der Waals surface area contributed by atoms with Gasteiger partial charge in [0.15, 0.2) is 0 Å². The number of carbonyl (C=O) groups excluding carboxylic acids is 1. The number of thiophene rings is 1. The van der Waals surface area contributed by atoms with Crippen molar-refractivity contribution < 1.29 is 14.6 Å². The Morgan fingerprint density at radius 2 is 1.97 bits per heavy atom. The van der Waals surface area contributed by atoms with E-state index in [4.69, 9.17) is 4.74 Å². The number of ether oxygens (including phenoxy) is 1. The minimum absolute atomic E-state index is 0.148. The lowest BCUT2D eigenvalue weighted by Crippen LogP contribution is -2.38. The summed E-state index contributed by atoms with van der Waals surface area (Å²) in [6.07, 6.45) is 0.689. The highest BCUT2D eigenvalue weighted by atomic mass is 32.1. The van der Waals surface area contributed by atoms with E-state index in [-0.39, 0.29) is 24.1 Å². The summed E-state index contributed by atoms with van der Waals surface area (Å²) in [4.78, 5) is 43.9. The highest BCUT2D eigenvalue weighted by Crippen LogP contribution is 2.31. The molecular weight excluding hydrogens is 420 g/mol. The van der Waals surface area contributed by atoms with Crippen LogP contribution in [0.3, 0.4) is 0 Å². The monoisotopic (exact) mass is 442 g/mol. The van der Waals surface area contributed by atoms with Gasteiger partial charge in [0.05, 0.1) is 35.6 Å². The van der Waals surface area contributed by atoms with E-state index in [9.17, 15) is 19.5 Å². The zero-order chi connectivity index (χ0) is 22.3. The fraction of sp³-hybridized carbons (Fsp3) is 0.333. The third-order valence-electron chi connectivity index (χ3n) is 5.26. The molecule has 0 amide bonds. The molecule has 0 aliphatic heterocycles. The third kappa shape index (κ3) is 3.28. The first kappa shape index (κ1) is 21.0. The number of hydrogen-bond donors (Lipinski definition) is 1. The van der Waals surface area contributed by atoms with Crippen LogP contribution in [0.25, 0.3) is 21.3 Å². The zero-order valence-electron chi connectivity index (χ0n) is 17.4. The summed E-state index contributed by atoms with van der Waals surface area (Å²) in [7, 11) is 2.66. The second-order valence-corrected chi connectivity index (χ2v) is 8.21. The number of aromatic nitrogens is 4. The highest BCUT2D eigenvalue weighted by Gasteiger charge is 2.27. The SMILES string of the molecule is CCCn1c(=O)n(C)c(=O)c2c(C(=O)OC)c(Cn3c(CO)nc4ccccc43)sc21. The molecule has 1 N–H and O–H groups in total. The fourth-order valence-electron chi connectivity index (χ4n) is 3.79. The van der Waals surface area contributed by atoms with E-state index in [1.165, 1.54) is 30.1 Å². The Balaban J connectivity index is 2.05. The Hall–Kier alpha value is -3.24. The van der Waals surface area contributed by atoms with E-state index in [0.29, 0.717) is 34.0 Å². The number of methoxy groups -OCH3 is 1. The maximum absolute atomic E-state index is 13.0. The molecule has 0 saturated heterocycles. The van der Waals surface area contributed by atoms with Crippen LogP contribution in [0, 0.1) is 0 Å². The Kier molecular flexibility index (Phi) is 5.50. The van der Waals surface area contributed by atoms with Crippen molar-refractivity contribution in [2.45, 2.75) is 33.0 Å². The molecule has 3 heterocycles. The molecule has 0 aliphatic carbocycles. The lowest BCUT2D eigenvalue weighted by Gasteiger charge is -2.08. The summed E-state index contributed by atoms with van der Waals surface area (Å²) in [6, 6.07) is 7.43. The summed E-state index contributed by atoms with van der Waals surface area (Å²) in [5.41, 5.74) is 0.695. The first-order chi connectivity index (χ1) is 14.9. The Bertz CT molecular complexity index is 1430. The molecule has 4 rings (SSSR count). The normalized spacial score (nSPS) is 11.5. The van der Waals surface area contributed by atoms with E-state index in [0.717, 1.165) is 10.1 Å². The number of esters is 1. The van der Waals surface area contributed by atoms with Gasteiger partial charge in [-0.2, -0.15) is 0 Å². The smallest absolute Gasteiger partial charge is 0.339 e. The molecule has 31 heavy (non-hydrogen) atoms. The molecule has 0 aliphatic rings. The van der Waals surface area contributed by atoms with E-state index in [1.54, 1.807) is 4.57 Å². The topological polar surface area (TPSA) is 108 Å². The lowest BCUT2D eigenvalue weighted by atomic mass is 10.1. The third-order valence-corrected chi connectivity index (χ3v) is 6.46. The van der Waals surface area contributed by atoms with Crippen molar-refractivity contribution in [2.24, 2.45) is 7.05 Å². The molecule has 10 heteroatoms. The van der Waals surface area contributed by atoms with E-state index >= 15 is 0 Å². The lowest BCUT2D eigenvalue weighted by molar-refractivity contribution is 0.0602. The van der Waals surface area contributed by atoms with Gasteiger partial charge in [0.1, 0.15) is 17.3 Å². The van der Waals surface area contributed by atoms with Crippen molar-refractivity contribution in [2.75, 3.05) is 7.11 Å². The zero-order valence-corrected chi connectivity index (χ0v) is 18.2. The maximum atomic E-state index is 13.0. The van der Waals surface area contributed by atoms with Crippen LogP contribution in [-0.4, -0.2) is 36.9 Å². The van der Waals surface area contributed by atoms with Gasteiger partial charge in [0, 0.05) is 18.5 Å². The number of aryl methyl sites for hydroxylation is 1. The summed E-state index contributed by atoms with van der Waals surface area (Å²) >= 11 is 1.22. The molecule has 0 spiro atoms. The first-order valence-electron chi connectivity index (χ1n) is 9.81. The van der Waals surface area contributed by atoms with Crippen LogP contribution < -0.4 is 11.2 Å². The summed E-state index contributed by atoms with van der Waals surface area (Å²) in [5, 5.41) is 10.0. The van der Waals surface area contributed by atoms with Gasteiger partial charge in [-0.15, -0.1) is 11.3 Å². The number of aliphatic hydroxyl groups is 1. The minimum Gasteiger partial charge on any atom is -0.465 e. The maximum Gasteiger partial charge on any atom is 0.339 e. The van der Waals surface area contributed by atoms with E-state index < -0.39 is 17.2 Å². The number of nitrogens with zero attached hydrogens (tertiary/aromatic N) is 4. The van der Waals surface area contributed by atoms with Gasteiger partial charge >= 0.3 is 11.7 Å². The molecule has 1 aromatic carbocycles. The van der Waals surface area contributed by atoms with Gasteiger partial charge in [0.25, 0.3) is 5.56 Å². The number of imidazole rings is 1. The molecule has 9 nitrogen and oxygen atoms in total. The second-order valence-electron chi connectivity index (χ2n) is 7.13. The number of rotatable bonds is 6. The number of benzene rings is 1. The average molecular weight is 442 g/mol. The summed E-state index contributed by atoms with van der Waals surface area (Å²) < 4.78 is 9.34. The highest BCUT2D eigenvalue weighted by molar-refractivity contribution is 7.19. The molecule has 162 valence electrons. The van der Waals surface area contributed by atoms with E-state index in [2.05, 4.69) is 4.98 Å². The first-order valence-corrected chi connectivity index (χ1v) is 10.6. The number of hydrogen-bond acceptors (Lipinski definition) is 7. The van der Waals surface area contributed by atoms with Crippen molar-refractivity contribution in [3.05, 3.63) is 61.4 Å². The average Bonchev–Trinajstić information content (AvgIpc) is 3.33.